The fourth-order valence-electron chi connectivity index (χ4n) is 2.97. The minimum Gasteiger partial charge on any atom is -0.623 e. The van der Waals surface area contributed by atoms with Gasteiger partial charge in [0.25, 0.3) is 0 Å². The van der Waals surface area contributed by atoms with E-state index >= 15 is 0 Å². The summed E-state index contributed by atoms with van der Waals surface area (Å²) in [6.45, 7) is 3.72. The highest BCUT2D eigenvalue weighted by Gasteiger charge is 2.43. The van der Waals surface area contributed by atoms with Gasteiger partial charge in [-0.1, -0.05) is 91.0 Å². The zero-order valence-electron chi connectivity index (χ0n) is 12.2. The second-order valence-electron chi connectivity index (χ2n) is 5.19. The third-order valence-corrected chi connectivity index (χ3v) is 3.95. The second-order valence-corrected chi connectivity index (χ2v) is 5.19. The lowest BCUT2D eigenvalue weighted by atomic mass is 9.77. The van der Waals surface area contributed by atoms with Crippen molar-refractivity contribution < 1.29 is 4.74 Å². The van der Waals surface area contributed by atoms with E-state index in [2.05, 4.69) is 6.72 Å². The number of rotatable bonds is 4. The molecule has 0 amide bonds. The van der Waals surface area contributed by atoms with E-state index in [9.17, 15) is 5.21 Å². The van der Waals surface area contributed by atoms with E-state index in [1.54, 1.807) is 0 Å². The van der Waals surface area contributed by atoms with Crippen molar-refractivity contribution >= 4 is 6.72 Å². The van der Waals surface area contributed by atoms with Crippen LogP contribution < -0.4 is 0 Å². The molecule has 0 atom stereocenters. The first-order chi connectivity index (χ1) is 10.8. The second kappa shape index (κ2) is 5.86. The van der Waals surface area contributed by atoms with E-state index in [1.165, 1.54) is 0 Å². The Morgan fingerprint density at radius 2 is 0.864 bits per heavy atom. The van der Waals surface area contributed by atoms with Gasteiger partial charge < -0.3 is 5.21 Å². The van der Waals surface area contributed by atoms with E-state index in [0.29, 0.717) is 0 Å². The Morgan fingerprint density at radius 3 is 1.09 bits per heavy atom. The lowest BCUT2D eigenvalue weighted by Crippen LogP contribution is -2.38. The van der Waals surface area contributed by atoms with Gasteiger partial charge in [0.1, 0.15) is 6.72 Å². The fraction of sp³-hybridized carbons (Fsp3) is 0.0500. The van der Waals surface area contributed by atoms with Gasteiger partial charge in [-0.3, -0.25) is 0 Å². The molecular formula is C20H17NO. The van der Waals surface area contributed by atoms with Crippen LogP contribution in [0.3, 0.4) is 0 Å². The standard InChI is InChI=1S/C20H17NO/c1-21(22)20(17-11-5-2-6-12-17,18-13-7-3-8-14-18)19-15-9-4-10-16-19/h2-16H,1H2. The molecule has 108 valence electrons. The predicted molar refractivity (Wildman–Crippen MR) is 90.0 cm³/mol. The molecule has 2 heteroatoms. The van der Waals surface area contributed by atoms with Gasteiger partial charge in [-0.2, -0.15) is 4.74 Å². The number of benzene rings is 3. The van der Waals surface area contributed by atoms with E-state index in [4.69, 9.17) is 0 Å². The van der Waals surface area contributed by atoms with Gasteiger partial charge in [0.15, 0.2) is 0 Å². The largest absolute Gasteiger partial charge is 0.623 e. The molecule has 0 N–H and O–H groups in total. The summed E-state index contributed by atoms with van der Waals surface area (Å²) in [5.74, 6) is 0. The van der Waals surface area contributed by atoms with Crippen LogP contribution in [0, 0.1) is 5.21 Å². The van der Waals surface area contributed by atoms with Crippen LogP contribution >= 0.6 is 0 Å². The molecule has 0 fully saturated rings. The van der Waals surface area contributed by atoms with Gasteiger partial charge in [-0.25, -0.2) is 0 Å². The topological polar surface area (TPSA) is 26.1 Å². The molecule has 0 bridgehead atoms. The van der Waals surface area contributed by atoms with Crippen LogP contribution in [0.2, 0.25) is 0 Å². The lowest BCUT2D eigenvalue weighted by Gasteiger charge is -2.32. The Morgan fingerprint density at radius 1 is 0.591 bits per heavy atom. The van der Waals surface area contributed by atoms with Gasteiger partial charge in [0.2, 0.25) is 5.54 Å². The molecule has 0 aromatic heterocycles. The molecule has 0 radical (unpaired) electrons. The first kappa shape index (κ1) is 14.1. The maximum absolute atomic E-state index is 12.7. The Kier molecular flexibility index (Phi) is 3.75. The average molecular weight is 287 g/mol. The zero-order chi connectivity index (χ0) is 15.4. The van der Waals surface area contributed by atoms with Crippen LogP contribution in [-0.4, -0.2) is 11.5 Å². The van der Waals surface area contributed by atoms with Crippen molar-refractivity contribution in [3.05, 3.63) is 113 Å². The molecule has 3 aromatic rings. The monoisotopic (exact) mass is 287 g/mol. The summed E-state index contributed by atoms with van der Waals surface area (Å²) in [4.78, 5) is 0. The Hall–Kier alpha value is -2.87. The first-order valence-electron chi connectivity index (χ1n) is 7.20. The van der Waals surface area contributed by atoms with Crippen LogP contribution in [0.15, 0.2) is 91.0 Å². The van der Waals surface area contributed by atoms with E-state index in [-0.39, 0.29) is 0 Å². The van der Waals surface area contributed by atoms with Crippen LogP contribution in [0.25, 0.3) is 0 Å². The van der Waals surface area contributed by atoms with Crippen LogP contribution in [0.5, 0.6) is 0 Å². The summed E-state index contributed by atoms with van der Waals surface area (Å²) in [7, 11) is 0. The molecule has 0 aliphatic carbocycles. The van der Waals surface area contributed by atoms with E-state index < -0.39 is 5.54 Å². The highest BCUT2D eigenvalue weighted by Crippen LogP contribution is 2.39. The van der Waals surface area contributed by atoms with Crippen LogP contribution in [0.4, 0.5) is 0 Å². The van der Waals surface area contributed by atoms with E-state index in [1.807, 2.05) is 91.0 Å². The lowest BCUT2D eigenvalue weighted by molar-refractivity contribution is -0.524. The molecule has 0 aliphatic heterocycles. The summed E-state index contributed by atoms with van der Waals surface area (Å²) in [5, 5.41) is 12.7. The van der Waals surface area contributed by atoms with Gasteiger partial charge >= 0.3 is 0 Å². The molecule has 0 saturated heterocycles. The van der Waals surface area contributed by atoms with Crippen molar-refractivity contribution in [2.24, 2.45) is 0 Å². The maximum atomic E-state index is 12.7. The van der Waals surface area contributed by atoms with Crippen molar-refractivity contribution in [2.45, 2.75) is 5.54 Å². The minimum absolute atomic E-state index is 0.799. The van der Waals surface area contributed by atoms with Crippen molar-refractivity contribution in [1.29, 1.82) is 0 Å². The molecule has 2 nitrogen and oxygen atoms in total. The zero-order valence-corrected chi connectivity index (χ0v) is 12.2. The molecule has 0 heterocycles. The highest BCUT2D eigenvalue weighted by molar-refractivity contribution is 5.47. The van der Waals surface area contributed by atoms with Crippen molar-refractivity contribution in [2.75, 3.05) is 0 Å². The SMILES string of the molecule is C=[N+]([O-])C(c1ccccc1)(c1ccccc1)c1ccccc1. The number of hydroxylamine groups is 1. The Labute approximate surface area is 130 Å². The highest BCUT2D eigenvalue weighted by atomic mass is 16.5. The summed E-state index contributed by atoms with van der Waals surface area (Å²) >= 11 is 0. The molecule has 0 saturated carbocycles. The molecule has 0 aliphatic rings. The van der Waals surface area contributed by atoms with Gasteiger partial charge in [0, 0.05) is 16.7 Å². The first-order valence-corrected chi connectivity index (χ1v) is 7.20. The number of nitrogens with zero attached hydrogens (tertiary/aromatic N) is 1. The van der Waals surface area contributed by atoms with E-state index in [0.717, 1.165) is 21.4 Å². The molecule has 22 heavy (non-hydrogen) atoms. The van der Waals surface area contributed by atoms with Crippen LogP contribution in [-0.2, 0) is 5.54 Å². The van der Waals surface area contributed by atoms with Crippen molar-refractivity contribution in [3.63, 3.8) is 0 Å². The van der Waals surface area contributed by atoms with Gasteiger partial charge in [-0.05, 0) is 0 Å². The molecule has 0 unspecified atom stereocenters. The van der Waals surface area contributed by atoms with Gasteiger partial charge in [-0.15, -0.1) is 0 Å². The third kappa shape index (κ3) is 2.19. The van der Waals surface area contributed by atoms with Crippen molar-refractivity contribution in [1.82, 2.24) is 0 Å². The Balaban J connectivity index is 2.37. The predicted octanol–water partition coefficient (Wildman–Crippen LogP) is 4.19. The fourth-order valence-corrected chi connectivity index (χ4v) is 2.97. The smallest absolute Gasteiger partial charge is 0.248 e. The summed E-state index contributed by atoms with van der Waals surface area (Å²) < 4.78 is 0.799. The molecular weight excluding hydrogens is 270 g/mol. The van der Waals surface area contributed by atoms with Crippen LogP contribution in [0.1, 0.15) is 16.7 Å². The summed E-state index contributed by atoms with van der Waals surface area (Å²) in [6.07, 6.45) is 0. The quantitative estimate of drug-likeness (QED) is 0.232. The third-order valence-electron chi connectivity index (χ3n) is 3.95. The Bertz CT molecular complexity index is 655. The number of hydrogen-bond acceptors (Lipinski definition) is 1. The number of hydrogen-bond donors (Lipinski definition) is 0. The normalized spacial score (nSPS) is 11.1. The average Bonchev–Trinajstić information content (AvgIpc) is 2.58. The maximum Gasteiger partial charge on any atom is 0.248 e. The minimum atomic E-state index is -0.955. The molecule has 3 aromatic carbocycles. The molecule has 3 rings (SSSR count). The molecule has 0 spiro atoms. The van der Waals surface area contributed by atoms with Crippen molar-refractivity contribution in [3.8, 4) is 0 Å². The van der Waals surface area contributed by atoms with Gasteiger partial charge in [0.05, 0.1) is 0 Å². The summed E-state index contributed by atoms with van der Waals surface area (Å²) in [5.41, 5.74) is 1.75. The summed E-state index contributed by atoms with van der Waals surface area (Å²) in [6, 6.07) is 29.3.